The number of ether oxygens (including phenoxy) is 2. The maximum absolute atomic E-state index is 5.71. The first-order valence-electron chi connectivity index (χ1n) is 7.31. The Hall–Kier alpha value is -1.23. The third-order valence-electron chi connectivity index (χ3n) is 4.10. The van der Waals surface area contributed by atoms with Gasteiger partial charge >= 0.3 is 0 Å². The molecular formula is C17H16BrNO2. The number of aliphatic imine (C=N–C) groups is 1. The van der Waals surface area contributed by atoms with Gasteiger partial charge in [-0.15, -0.1) is 0 Å². The topological polar surface area (TPSA) is 30.8 Å². The molecule has 2 heterocycles. The molecule has 108 valence electrons. The molecule has 1 fully saturated rings. The van der Waals surface area contributed by atoms with E-state index in [1.165, 1.54) is 11.1 Å². The van der Waals surface area contributed by atoms with E-state index in [4.69, 9.17) is 14.5 Å². The van der Waals surface area contributed by atoms with Gasteiger partial charge in [0.1, 0.15) is 0 Å². The van der Waals surface area contributed by atoms with Crippen molar-refractivity contribution >= 4 is 31.8 Å². The van der Waals surface area contributed by atoms with Gasteiger partial charge in [-0.2, -0.15) is 0 Å². The fraction of sp³-hybridized carbons (Fsp3) is 0.353. The maximum Gasteiger partial charge on any atom is 0.183 e. The molecule has 0 saturated carbocycles. The van der Waals surface area contributed by atoms with Gasteiger partial charge in [0.15, 0.2) is 6.29 Å². The van der Waals surface area contributed by atoms with Crippen molar-refractivity contribution in [2.45, 2.75) is 19.1 Å². The molecule has 0 aromatic heterocycles. The van der Waals surface area contributed by atoms with Crippen LogP contribution in [0, 0.1) is 5.92 Å². The van der Waals surface area contributed by atoms with Gasteiger partial charge in [-0.1, -0.05) is 24.3 Å². The Balaban J connectivity index is 1.77. The third kappa shape index (κ3) is 2.41. The molecule has 0 amide bonds. The molecule has 2 aliphatic heterocycles. The average Bonchev–Trinajstić information content (AvgIpc) is 2.56. The van der Waals surface area contributed by atoms with Crippen molar-refractivity contribution in [3.63, 3.8) is 0 Å². The highest BCUT2D eigenvalue weighted by molar-refractivity contribution is 9.18. The van der Waals surface area contributed by atoms with E-state index < -0.39 is 0 Å². The zero-order valence-corrected chi connectivity index (χ0v) is 13.2. The zero-order chi connectivity index (χ0) is 14.2. The fourth-order valence-corrected chi connectivity index (χ4v) is 3.66. The van der Waals surface area contributed by atoms with Crippen LogP contribution in [0.4, 0.5) is 5.69 Å². The predicted octanol–water partition coefficient (Wildman–Crippen LogP) is 4.52. The van der Waals surface area contributed by atoms with Crippen molar-refractivity contribution in [1.29, 1.82) is 0 Å². The van der Waals surface area contributed by atoms with E-state index in [0.717, 1.165) is 41.9 Å². The average molecular weight is 346 g/mol. The molecule has 21 heavy (non-hydrogen) atoms. The van der Waals surface area contributed by atoms with Crippen molar-refractivity contribution < 1.29 is 9.47 Å². The Kier molecular flexibility index (Phi) is 3.53. The number of hydrogen-bond acceptors (Lipinski definition) is 3. The molecule has 1 atom stereocenters. The van der Waals surface area contributed by atoms with E-state index >= 15 is 0 Å². The van der Waals surface area contributed by atoms with Crippen LogP contribution >= 0.6 is 15.9 Å². The van der Waals surface area contributed by atoms with Gasteiger partial charge in [0, 0.05) is 17.0 Å². The SMILES string of the molecule is BrC1=Nc2ccc(C3OCCCO3)cc2C2=CC=CCC21. The molecule has 1 aliphatic carbocycles. The van der Waals surface area contributed by atoms with E-state index in [1.54, 1.807) is 0 Å². The summed E-state index contributed by atoms with van der Waals surface area (Å²) < 4.78 is 12.4. The van der Waals surface area contributed by atoms with E-state index in [9.17, 15) is 0 Å². The molecule has 3 nitrogen and oxygen atoms in total. The van der Waals surface area contributed by atoms with Crippen molar-refractivity contribution in [1.82, 2.24) is 0 Å². The lowest BCUT2D eigenvalue weighted by atomic mass is 9.84. The summed E-state index contributed by atoms with van der Waals surface area (Å²) in [7, 11) is 0. The second-order valence-corrected chi connectivity index (χ2v) is 6.29. The monoisotopic (exact) mass is 345 g/mol. The van der Waals surface area contributed by atoms with Crippen LogP contribution in [-0.4, -0.2) is 17.8 Å². The van der Waals surface area contributed by atoms with Crippen LogP contribution in [0.15, 0.2) is 41.4 Å². The van der Waals surface area contributed by atoms with Crippen molar-refractivity contribution in [3.05, 3.63) is 47.6 Å². The Morgan fingerprint density at radius 1 is 1.19 bits per heavy atom. The van der Waals surface area contributed by atoms with E-state index in [2.05, 4.69) is 52.4 Å². The Bertz CT molecular complexity index is 657. The quantitative estimate of drug-likeness (QED) is 0.749. The van der Waals surface area contributed by atoms with Crippen LogP contribution in [0.25, 0.3) is 5.57 Å². The summed E-state index contributed by atoms with van der Waals surface area (Å²) in [6.07, 6.45) is 8.23. The molecule has 0 N–H and O–H groups in total. The summed E-state index contributed by atoms with van der Waals surface area (Å²) >= 11 is 3.62. The summed E-state index contributed by atoms with van der Waals surface area (Å²) in [6, 6.07) is 6.28. The number of fused-ring (bicyclic) bond motifs is 3. The van der Waals surface area contributed by atoms with Crippen molar-refractivity contribution in [2.75, 3.05) is 13.2 Å². The summed E-state index contributed by atoms with van der Waals surface area (Å²) in [5.41, 5.74) is 4.62. The van der Waals surface area contributed by atoms with Crippen LogP contribution in [0.2, 0.25) is 0 Å². The normalized spacial score (nSPS) is 24.9. The molecular weight excluding hydrogens is 330 g/mol. The largest absolute Gasteiger partial charge is 0.348 e. The summed E-state index contributed by atoms with van der Waals surface area (Å²) in [6.45, 7) is 1.53. The fourth-order valence-electron chi connectivity index (χ4n) is 3.03. The van der Waals surface area contributed by atoms with Crippen LogP contribution in [0.1, 0.15) is 30.3 Å². The lowest BCUT2D eigenvalue weighted by molar-refractivity contribution is -0.183. The third-order valence-corrected chi connectivity index (χ3v) is 4.83. The van der Waals surface area contributed by atoms with Crippen LogP contribution in [0.5, 0.6) is 0 Å². The minimum atomic E-state index is -0.239. The van der Waals surface area contributed by atoms with Gasteiger partial charge in [-0.05, 0) is 46.5 Å². The van der Waals surface area contributed by atoms with Gasteiger partial charge in [0.2, 0.25) is 0 Å². The highest BCUT2D eigenvalue weighted by Gasteiger charge is 2.28. The first kappa shape index (κ1) is 13.4. The number of allylic oxidation sites excluding steroid dienone is 4. The molecule has 4 rings (SSSR count). The summed E-state index contributed by atoms with van der Waals surface area (Å²) in [5.74, 6) is 0.339. The molecule has 1 unspecified atom stereocenters. The number of halogens is 1. The van der Waals surface area contributed by atoms with Crippen molar-refractivity contribution in [2.24, 2.45) is 10.9 Å². The molecule has 1 saturated heterocycles. The standard InChI is InChI=1S/C17H16BrNO2/c18-16-13-5-2-1-4-12(13)14-10-11(6-7-15(14)19-16)17-20-8-3-9-21-17/h1-2,4,6-7,10,13,17H,3,5,8-9H2. The Labute approximate surface area is 132 Å². The second-order valence-electron chi connectivity index (χ2n) is 5.48. The Morgan fingerprint density at radius 3 is 2.90 bits per heavy atom. The predicted molar refractivity (Wildman–Crippen MR) is 87.0 cm³/mol. The lowest BCUT2D eigenvalue weighted by Gasteiger charge is -2.28. The first-order chi connectivity index (χ1) is 10.3. The Morgan fingerprint density at radius 2 is 2.05 bits per heavy atom. The number of nitrogens with zero attached hydrogens (tertiary/aromatic N) is 1. The van der Waals surface area contributed by atoms with Crippen LogP contribution in [-0.2, 0) is 9.47 Å². The first-order valence-corrected chi connectivity index (χ1v) is 8.10. The van der Waals surface area contributed by atoms with E-state index in [0.29, 0.717) is 5.92 Å². The van der Waals surface area contributed by atoms with Gasteiger partial charge in [0.05, 0.1) is 23.5 Å². The van der Waals surface area contributed by atoms with Gasteiger partial charge < -0.3 is 9.47 Å². The summed E-state index contributed by atoms with van der Waals surface area (Å²) in [5, 5.41) is 0. The number of benzene rings is 1. The molecule has 0 spiro atoms. The molecule has 4 heteroatoms. The molecule has 1 aromatic carbocycles. The van der Waals surface area contributed by atoms with Gasteiger partial charge in [-0.3, -0.25) is 0 Å². The molecule has 0 radical (unpaired) electrons. The van der Waals surface area contributed by atoms with Crippen LogP contribution < -0.4 is 0 Å². The number of rotatable bonds is 1. The van der Waals surface area contributed by atoms with E-state index in [1.807, 2.05) is 0 Å². The minimum absolute atomic E-state index is 0.239. The van der Waals surface area contributed by atoms with Crippen LogP contribution in [0.3, 0.4) is 0 Å². The molecule has 0 bridgehead atoms. The van der Waals surface area contributed by atoms with Gasteiger partial charge in [-0.25, -0.2) is 4.99 Å². The van der Waals surface area contributed by atoms with E-state index in [-0.39, 0.29) is 6.29 Å². The summed E-state index contributed by atoms with van der Waals surface area (Å²) in [4.78, 5) is 4.69. The molecule has 1 aromatic rings. The lowest BCUT2D eigenvalue weighted by Crippen LogP contribution is -2.19. The zero-order valence-electron chi connectivity index (χ0n) is 11.6. The highest BCUT2D eigenvalue weighted by atomic mass is 79.9. The van der Waals surface area contributed by atoms with Gasteiger partial charge in [0.25, 0.3) is 0 Å². The number of hydrogen-bond donors (Lipinski definition) is 0. The highest BCUT2D eigenvalue weighted by Crippen LogP contribution is 2.43. The molecule has 3 aliphatic rings. The second kappa shape index (κ2) is 5.52. The van der Waals surface area contributed by atoms with Crippen molar-refractivity contribution in [3.8, 4) is 0 Å². The maximum atomic E-state index is 5.71. The smallest absolute Gasteiger partial charge is 0.183 e. The minimum Gasteiger partial charge on any atom is -0.348 e.